The number of fused-ring (bicyclic) bond motifs is 1. The lowest BCUT2D eigenvalue weighted by Gasteiger charge is -2.53. The summed E-state index contributed by atoms with van der Waals surface area (Å²) in [5.74, 6) is 1.20. The highest BCUT2D eigenvalue weighted by atomic mass is 16.5. The third-order valence-corrected chi connectivity index (χ3v) is 5.19. The van der Waals surface area contributed by atoms with E-state index in [1.54, 1.807) is 0 Å². The molecule has 0 spiro atoms. The number of hydrogen-bond acceptors (Lipinski definition) is 3. The van der Waals surface area contributed by atoms with Crippen LogP contribution in [0.5, 0.6) is 0 Å². The van der Waals surface area contributed by atoms with E-state index < -0.39 is 0 Å². The Hall–Kier alpha value is -1.12. The van der Waals surface area contributed by atoms with Crippen molar-refractivity contribution >= 4 is 12.8 Å². The van der Waals surface area contributed by atoms with E-state index in [2.05, 4.69) is 19.9 Å². The SMILES string of the molecule is C/C1=C/C[C@@H]2[C@H](CC2(C)C)C(C=O)CC[C@H]1OC=O. The molecule has 3 heteroatoms. The van der Waals surface area contributed by atoms with Crippen LogP contribution in [0.3, 0.4) is 0 Å². The lowest BCUT2D eigenvalue weighted by atomic mass is 9.51. The molecular weight excluding hydrogens is 240 g/mol. The summed E-state index contributed by atoms with van der Waals surface area (Å²) in [4.78, 5) is 21.9. The Bertz CT molecular complexity index is 383. The van der Waals surface area contributed by atoms with Crippen LogP contribution in [-0.2, 0) is 14.3 Å². The van der Waals surface area contributed by atoms with Gasteiger partial charge in [0.25, 0.3) is 6.47 Å². The third kappa shape index (κ3) is 2.75. The Morgan fingerprint density at radius 3 is 2.63 bits per heavy atom. The summed E-state index contributed by atoms with van der Waals surface area (Å²) < 4.78 is 5.16. The van der Waals surface area contributed by atoms with E-state index in [-0.39, 0.29) is 12.0 Å². The molecule has 4 atom stereocenters. The Labute approximate surface area is 115 Å². The summed E-state index contributed by atoms with van der Waals surface area (Å²) in [5, 5.41) is 0. The van der Waals surface area contributed by atoms with Gasteiger partial charge >= 0.3 is 0 Å². The minimum absolute atomic E-state index is 0.120. The van der Waals surface area contributed by atoms with Crippen molar-refractivity contribution < 1.29 is 14.3 Å². The molecule has 0 aromatic rings. The van der Waals surface area contributed by atoms with E-state index in [4.69, 9.17) is 4.74 Å². The minimum Gasteiger partial charge on any atom is -0.460 e. The van der Waals surface area contributed by atoms with Gasteiger partial charge in [0, 0.05) is 5.92 Å². The van der Waals surface area contributed by atoms with Crippen LogP contribution >= 0.6 is 0 Å². The lowest BCUT2D eigenvalue weighted by molar-refractivity contribution is -0.132. The molecule has 19 heavy (non-hydrogen) atoms. The number of rotatable bonds is 3. The number of aldehydes is 1. The van der Waals surface area contributed by atoms with Crippen molar-refractivity contribution in [2.24, 2.45) is 23.2 Å². The van der Waals surface area contributed by atoms with Gasteiger partial charge in [0.15, 0.2) is 0 Å². The fraction of sp³-hybridized carbons (Fsp3) is 0.750. The first-order valence-corrected chi connectivity index (χ1v) is 7.20. The number of allylic oxidation sites excluding steroid dienone is 1. The fourth-order valence-electron chi connectivity index (χ4n) is 3.91. The maximum Gasteiger partial charge on any atom is 0.293 e. The van der Waals surface area contributed by atoms with E-state index in [1.807, 2.05) is 6.92 Å². The predicted molar refractivity (Wildman–Crippen MR) is 73.5 cm³/mol. The zero-order valence-corrected chi connectivity index (χ0v) is 12.1. The summed E-state index contributed by atoms with van der Waals surface area (Å²) in [6.07, 6.45) is 6.88. The molecule has 0 radical (unpaired) electrons. The van der Waals surface area contributed by atoms with Gasteiger partial charge in [-0.05, 0) is 55.4 Å². The van der Waals surface area contributed by atoms with Gasteiger partial charge in [-0.25, -0.2) is 0 Å². The first-order valence-electron chi connectivity index (χ1n) is 7.20. The molecule has 0 bridgehead atoms. The highest BCUT2D eigenvalue weighted by molar-refractivity contribution is 5.54. The second kappa shape index (κ2) is 5.48. The molecule has 2 aliphatic carbocycles. The number of ether oxygens (including phenoxy) is 1. The number of carbonyl (C=O) groups is 2. The fourth-order valence-corrected chi connectivity index (χ4v) is 3.91. The monoisotopic (exact) mass is 264 g/mol. The molecule has 2 rings (SSSR count). The number of hydrogen-bond donors (Lipinski definition) is 0. The molecular formula is C16H24O3. The number of carbonyl (C=O) groups excluding carboxylic acids is 2. The third-order valence-electron chi connectivity index (χ3n) is 5.19. The molecule has 0 amide bonds. The quantitative estimate of drug-likeness (QED) is 0.581. The van der Waals surface area contributed by atoms with E-state index in [0.29, 0.717) is 23.7 Å². The van der Waals surface area contributed by atoms with Gasteiger partial charge < -0.3 is 9.53 Å². The van der Waals surface area contributed by atoms with Crippen LogP contribution in [0.25, 0.3) is 0 Å². The van der Waals surface area contributed by atoms with Crippen molar-refractivity contribution in [3.63, 3.8) is 0 Å². The molecule has 0 aromatic carbocycles. The molecule has 0 aromatic heterocycles. The second-order valence-electron chi connectivity index (χ2n) is 6.75. The van der Waals surface area contributed by atoms with Crippen LogP contribution in [-0.4, -0.2) is 18.9 Å². The summed E-state index contributed by atoms with van der Waals surface area (Å²) in [6, 6.07) is 0. The molecule has 1 saturated carbocycles. The zero-order valence-electron chi connectivity index (χ0n) is 12.1. The minimum atomic E-state index is -0.152. The standard InChI is InChI=1S/C16H24O3/c1-11-4-6-14-13(8-16(14,2)3)12(9-17)5-7-15(11)19-10-18/h4,9-10,12-15H,5-8H2,1-3H3/b11-4-/t12?,13-,14-,15-/m1/s1. The van der Waals surface area contributed by atoms with Crippen molar-refractivity contribution in [1.29, 1.82) is 0 Å². The maximum absolute atomic E-state index is 11.4. The average Bonchev–Trinajstić information content (AvgIpc) is 2.40. The molecule has 1 unspecified atom stereocenters. The van der Waals surface area contributed by atoms with Gasteiger partial charge in [-0.3, -0.25) is 4.79 Å². The predicted octanol–water partition coefficient (Wildman–Crippen LogP) is 3.14. The Morgan fingerprint density at radius 2 is 2.05 bits per heavy atom. The molecule has 2 aliphatic rings. The molecule has 1 fully saturated rings. The summed E-state index contributed by atoms with van der Waals surface area (Å²) >= 11 is 0. The normalized spacial score (nSPS) is 40.3. The maximum atomic E-state index is 11.4. The average molecular weight is 264 g/mol. The molecule has 106 valence electrons. The van der Waals surface area contributed by atoms with Gasteiger partial charge in [0.1, 0.15) is 12.4 Å². The summed E-state index contributed by atoms with van der Waals surface area (Å²) in [6.45, 7) is 7.12. The van der Waals surface area contributed by atoms with Crippen molar-refractivity contribution in [3.05, 3.63) is 11.6 Å². The zero-order chi connectivity index (χ0) is 14.0. The highest BCUT2D eigenvalue weighted by Crippen LogP contribution is 2.56. The van der Waals surface area contributed by atoms with Crippen LogP contribution in [0.2, 0.25) is 0 Å². The van der Waals surface area contributed by atoms with Crippen molar-refractivity contribution in [2.75, 3.05) is 0 Å². The molecule has 0 N–H and O–H groups in total. The first-order chi connectivity index (χ1) is 8.99. The van der Waals surface area contributed by atoms with Crippen LogP contribution in [0, 0.1) is 23.2 Å². The summed E-state index contributed by atoms with van der Waals surface area (Å²) in [5.41, 5.74) is 1.45. The van der Waals surface area contributed by atoms with Crippen molar-refractivity contribution in [2.45, 2.75) is 52.6 Å². The van der Waals surface area contributed by atoms with E-state index in [1.165, 1.54) is 0 Å². The highest BCUT2D eigenvalue weighted by Gasteiger charge is 2.49. The van der Waals surface area contributed by atoms with Crippen LogP contribution < -0.4 is 0 Å². The summed E-state index contributed by atoms with van der Waals surface area (Å²) in [7, 11) is 0. The molecule has 0 heterocycles. The van der Waals surface area contributed by atoms with Crippen molar-refractivity contribution in [3.8, 4) is 0 Å². The van der Waals surface area contributed by atoms with Gasteiger partial charge in [-0.2, -0.15) is 0 Å². The first kappa shape index (κ1) is 14.3. The molecule has 3 nitrogen and oxygen atoms in total. The molecule has 0 aliphatic heterocycles. The van der Waals surface area contributed by atoms with Crippen LogP contribution in [0.1, 0.15) is 46.5 Å². The Balaban J connectivity index is 2.19. The Morgan fingerprint density at radius 1 is 1.32 bits per heavy atom. The lowest BCUT2D eigenvalue weighted by Crippen LogP contribution is -2.47. The second-order valence-corrected chi connectivity index (χ2v) is 6.75. The Kier molecular flexibility index (Phi) is 4.12. The van der Waals surface area contributed by atoms with Gasteiger partial charge in [0.2, 0.25) is 0 Å². The van der Waals surface area contributed by atoms with Gasteiger partial charge in [-0.1, -0.05) is 19.9 Å². The van der Waals surface area contributed by atoms with Crippen molar-refractivity contribution in [1.82, 2.24) is 0 Å². The van der Waals surface area contributed by atoms with Crippen LogP contribution in [0.15, 0.2) is 11.6 Å². The van der Waals surface area contributed by atoms with E-state index >= 15 is 0 Å². The topological polar surface area (TPSA) is 43.4 Å². The van der Waals surface area contributed by atoms with Gasteiger partial charge in [0.05, 0.1) is 0 Å². The van der Waals surface area contributed by atoms with E-state index in [9.17, 15) is 9.59 Å². The smallest absolute Gasteiger partial charge is 0.293 e. The van der Waals surface area contributed by atoms with Gasteiger partial charge in [-0.15, -0.1) is 0 Å². The largest absolute Gasteiger partial charge is 0.460 e. The van der Waals surface area contributed by atoms with Crippen LogP contribution in [0.4, 0.5) is 0 Å². The van der Waals surface area contributed by atoms with E-state index in [0.717, 1.165) is 37.5 Å². The molecule has 0 saturated heterocycles.